The van der Waals surface area contributed by atoms with Crippen LogP contribution in [0.5, 0.6) is 5.75 Å². The highest BCUT2D eigenvalue weighted by Crippen LogP contribution is 2.27. The molecule has 3 aromatic rings. The summed E-state index contributed by atoms with van der Waals surface area (Å²) in [6, 6.07) is 22.9. The SMILES string of the molecule is CC(Sc1cccc(NC(=O)COc2ccccc2)c1)C(=O)Nc1ccccc1C(N)=O. The van der Waals surface area contributed by atoms with Crippen LogP contribution in [-0.4, -0.2) is 29.6 Å². The van der Waals surface area contributed by atoms with Crippen molar-refractivity contribution >= 4 is 40.9 Å². The van der Waals surface area contributed by atoms with Gasteiger partial charge in [-0.3, -0.25) is 14.4 Å². The van der Waals surface area contributed by atoms with Crippen LogP contribution in [0.25, 0.3) is 0 Å². The second-order valence-corrected chi connectivity index (χ2v) is 8.25. The average molecular weight is 450 g/mol. The lowest BCUT2D eigenvalue weighted by Gasteiger charge is -2.14. The second kappa shape index (κ2) is 11.0. The fourth-order valence-corrected chi connectivity index (χ4v) is 3.74. The number of benzene rings is 3. The molecule has 0 spiro atoms. The molecule has 0 aliphatic rings. The smallest absolute Gasteiger partial charge is 0.262 e. The fourth-order valence-electron chi connectivity index (χ4n) is 2.81. The molecule has 8 heteroatoms. The molecular weight excluding hydrogens is 426 g/mol. The van der Waals surface area contributed by atoms with E-state index >= 15 is 0 Å². The third kappa shape index (κ3) is 6.61. The first-order valence-corrected chi connectivity index (χ1v) is 10.7. The number of para-hydroxylation sites is 2. The Balaban J connectivity index is 1.56. The first-order valence-electron chi connectivity index (χ1n) is 9.86. The normalized spacial score (nSPS) is 11.3. The van der Waals surface area contributed by atoms with E-state index in [2.05, 4.69) is 10.6 Å². The Morgan fingerprint density at radius 1 is 0.938 bits per heavy atom. The van der Waals surface area contributed by atoms with Crippen LogP contribution in [-0.2, 0) is 9.59 Å². The Labute approximate surface area is 190 Å². The van der Waals surface area contributed by atoms with Crippen LogP contribution in [0, 0.1) is 0 Å². The van der Waals surface area contributed by atoms with Gasteiger partial charge >= 0.3 is 0 Å². The third-order valence-corrected chi connectivity index (χ3v) is 5.46. The van der Waals surface area contributed by atoms with Crippen LogP contribution in [0.2, 0.25) is 0 Å². The van der Waals surface area contributed by atoms with Crippen LogP contribution in [0.15, 0.2) is 83.8 Å². The van der Waals surface area contributed by atoms with Crippen LogP contribution >= 0.6 is 11.8 Å². The molecule has 7 nitrogen and oxygen atoms in total. The first-order chi connectivity index (χ1) is 15.4. The minimum Gasteiger partial charge on any atom is -0.484 e. The molecule has 3 amide bonds. The van der Waals surface area contributed by atoms with Crippen LogP contribution < -0.4 is 21.1 Å². The van der Waals surface area contributed by atoms with E-state index in [-0.39, 0.29) is 24.0 Å². The summed E-state index contributed by atoms with van der Waals surface area (Å²) in [5.74, 6) is -0.551. The number of hydrogen-bond acceptors (Lipinski definition) is 5. The molecule has 1 unspecified atom stereocenters. The van der Waals surface area contributed by atoms with E-state index in [0.29, 0.717) is 17.1 Å². The van der Waals surface area contributed by atoms with E-state index < -0.39 is 11.2 Å². The molecule has 0 radical (unpaired) electrons. The molecule has 3 aromatic carbocycles. The van der Waals surface area contributed by atoms with Crippen molar-refractivity contribution in [2.75, 3.05) is 17.2 Å². The average Bonchev–Trinajstić information content (AvgIpc) is 2.79. The molecule has 32 heavy (non-hydrogen) atoms. The van der Waals surface area contributed by atoms with Gasteiger partial charge in [-0.25, -0.2) is 0 Å². The first kappa shape index (κ1) is 22.9. The molecule has 3 rings (SSSR count). The molecule has 0 aliphatic heterocycles. The number of primary amides is 1. The number of anilines is 2. The van der Waals surface area contributed by atoms with E-state index in [1.165, 1.54) is 11.8 Å². The number of nitrogens with two attached hydrogens (primary N) is 1. The summed E-state index contributed by atoms with van der Waals surface area (Å²) in [7, 11) is 0. The van der Waals surface area contributed by atoms with Crippen molar-refractivity contribution in [2.45, 2.75) is 17.1 Å². The number of rotatable bonds is 9. The Morgan fingerprint density at radius 3 is 2.41 bits per heavy atom. The molecule has 1 atom stereocenters. The van der Waals surface area contributed by atoms with Crippen molar-refractivity contribution in [1.29, 1.82) is 0 Å². The van der Waals surface area contributed by atoms with Crippen molar-refractivity contribution in [2.24, 2.45) is 5.73 Å². The number of ether oxygens (including phenoxy) is 1. The summed E-state index contributed by atoms with van der Waals surface area (Å²) in [4.78, 5) is 37.1. The summed E-state index contributed by atoms with van der Waals surface area (Å²) in [6.07, 6.45) is 0. The maximum atomic E-state index is 12.6. The topological polar surface area (TPSA) is 111 Å². The standard InChI is InChI=1S/C24H23N3O4S/c1-16(24(30)27-21-13-6-5-12-20(21)23(25)29)32-19-11-7-8-17(14-19)26-22(28)15-31-18-9-3-2-4-10-18/h2-14,16H,15H2,1H3,(H2,25,29)(H,26,28)(H,27,30). The zero-order chi connectivity index (χ0) is 22.9. The van der Waals surface area contributed by atoms with Gasteiger partial charge in [0.2, 0.25) is 5.91 Å². The highest BCUT2D eigenvalue weighted by atomic mass is 32.2. The van der Waals surface area contributed by atoms with Gasteiger partial charge in [0.25, 0.3) is 11.8 Å². The minimum absolute atomic E-state index is 0.112. The Morgan fingerprint density at radius 2 is 1.66 bits per heavy atom. The highest BCUT2D eigenvalue weighted by Gasteiger charge is 2.17. The van der Waals surface area contributed by atoms with Gasteiger partial charge in [0.05, 0.1) is 16.5 Å². The van der Waals surface area contributed by atoms with E-state index in [0.717, 1.165) is 4.90 Å². The molecular formula is C24H23N3O4S. The lowest BCUT2D eigenvalue weighted by molar-refractivity contribution is -0.118. The van der Waals surface area contributed by atoms with Crippen molar-refractivity contribution in [3.63, 3.8) is 0 Å². The van der Waals surface area contributed by atoms with Crippen molar-refractivity contribution in [3.8, 4) is 5.75 Å². The predicted octanol–water partition coefficient (Wildman–Crippen LogP) is 3.92. The monoisotopic (exact) mass is 449 g/mol. The second-order valence-electron chi connectivity index (χ2n) is 6.84. The molecule has 0 aromatic heterocycles. The summed E-state index contributed by atoms with van der Waals surface area (Å²) in [5.41, 5.74) is 6.58. The minimum atomic E-state index is -0.610. The molecule has 0 fully saturated rings. The van der Waals surface area contributed by atoms with E-state index in [1.807, 2.05) is 24.3 Å². The third-order valence-electron chi connectivity index (χ3n) is 4.36. The van der Waals surface area contributed by atoms with Gasteiger partial charge in [0.1, 0.15) is 5.75 Å². The van der Waals surface area contributed by atoms with Gasteiger partial charge in [-0.05, 0) is 49.4 Å². The number of amides is 3. The Bertz CT molecular complexity index is 1110. The summed E-state index contributed by atoms with van der Waals surface area (Å²) in [6.45, 7) is 1.64. The van der Waals surface area contributed by atoms with Crippen molar-refractivity contribution in [3.05, 3.63) is 84.4 Å². The molecule has 0 heterocycles. The maximum absolute atomic E-state index is 12.6. The molecule has 0 bridgehead atoms. The largest absolute Gasteiger partial charge is 0.484 e. The summed E-state index contributed by atoms with van der Waals surface area (Å²) in [5, 5.41) is 5.07. The van der Waals surface area contributed by atoms with Gasteiger partial charge in [0, 0.05) is 10.6 Å². The molecule has 0 saturated carbocycles. The van der Waals surface area contributed by atoms with Crippen LogP contribution in [0.3, 0.4) is 0 Å². The zero-order valence-electron chi connectivity index (χ0n) is 17.4. The van der Waals surface area contributed by atoms with E-state index in [4.69, 9.17) is 10.5 Å². The van der Waals surface area contributed by atoms with Crippen LogP contribution in [0.4, 0.5) is 11.4 Å². The van der Waals surface area contributed by atoms with E-state index in [1.54, 1.807) is 61.5 Å². The zero-order valence-corrected chi connectivity index (χ0v) is 18.2. The fraction of sp³-hybridized carbons (Fsp3) is 0.125. The van der Waals surface area contributed by atoms with Crippen molar-refractivity contribution < 1.29 is 19.1 Å². The number of carbonyl (C=O) groups is 3. The predicted molar refractivity (Wildman–Crippen MR) is 126 cm³/mol. The molecule has 4 N–H and O–H groups in total. The molecule has 0 aliphatic carbocycles. The van der Waals surface area contributed by atoms with Gasteiger partial charge in [-0.15, -0.1) is 11.8 Å². The molecule has 164 valence electrons. The number of carbonyl (C=O) groups excluding carboxylic acids is 3. The highest BCUT2D eigenvalue weighted by molar-refractivity contribution is 8.00. The van der Waals surface area contributed by atoms with Crippen molar-refractivity contribution in [1.82, 2.24) is 0 Å². The van der Waals surface area contributed by atoms with Gasteiger partial charge in [-0.2, -0.15) is 0 Å². The lowest BCUT2D eigenvalue weighted by atomic mass is 10.1. The quantitative estimate of drug-likeness (QED) is 0.429. The van der Waals surface area contributed by atoms with Crippen LogP contribution in [0.1, 0.15) is 17.3 Å². The maximum Gasteiger partial charge on any atom is 0.262 e. The summed E-state index contributed by atoms with van der Waals surface area (Å²) >= 11 is 1.33. The lowest BCUT2D eigenvalue weighted by Crippen LogP contribution is -2.24. The number of hydrogen-bond donors (Lipinski definition) is 3. The van der Waals surface area contributed by atoms with Gasteiger partial charge < -0.3 is 21.1 Å². The number of thioether (sulfide) groups is 1. The van der Waals surface area contributed by atoms with Gasteiger partial charge in [0.15, 0.2) is 6.61 Å². The summed E-state index contributed by atoms with van der Waals surface area (Å²) < 4.78 is 5.45. The van der Waals surface area contributed by atoms with Gasteiger partial charge in [-0.1, -0.05) is 36.4 Å². The number of nitrogens with one attached hydrogen (secondary N) is 2. The Kier molecular flexibility index (Phi) is 7.88. The Hall–Kier alpha value is -3.78. The molecule has 0 saturated heterocycles. The van der Waals surface area contributed by atoms with E-state index in [9.17, 15) is 14.4 Å².